The number of carboxylic acids is 1. The van der Waals surface area contributed by atoms with E-state index in [9.17, 15) is 9.59 Å². The second-order valence-corrected chi connectivity index (χ2v) is 6.20. The lowest BCUT2D eigenvalue weighted by Crippen LogP contribution is -2.00. The third-order valence-electron chi connectivity index (χ3n) is 4.22. The standard InChI is InChI=1S/C20H30O3/c1-2-3-4-5-6-10-13-18-17(15-16-19(18)21)12-9-7-8-11-14-20(22)23/h6-7,9-10,13,17H,2-5,8,11-12,14-16H2,1H3,(H,22,23)/b9-7-,10-6+,18-13+/t17-/m0/s1. The maximum atomic E-state index is 12.0. The zero-order valence-corrected chi connectivity index (χ0v) is 14.3. The predicted octanol–water partition coefficient (Wildman–Crippen LogP) is 5.23. The van der Waals surface area contributed by atoms with Gasteiger partial charge in [0.1, 0.15) is 0 Å². The molecular weight excluding hydrogens is 288 g/mol. The molecule has 1 N–H and O–H groups in total. The Morgan fingerprint density at radius 1 is 1.17 bits per heavy atom. The highest BCUT2D eigenvalue weighted by Crippen LogP contribution is 2.31. The van der Waals surface area contributed by atoms with Crippen LogP contribution in [0.4, 0.5) is 0 Å². The van der Waals surface area contributed by atoms with E-state index in [0.717, 1.165) is 31.3 Å². The van der Waals surface area contributed by atoms with Crippen molar-refractivity contribution in [1.82, 2.24) is 0 Å². The molecule has 0 aromatic heterocycles. The molecule has 1 rings (SSSR count). The van der Waals surface area contributed by atoms with Crippen LogP contribution in [0.2, 0.25) is 0 Å². The van der Waals surface area contributed by atoms with Gasteiger partial charge in [-0.2, -0.15) is 0 Å². The molecule has 3 heteroatoms. The number of hydrogen-bond donors (Lipinski definition) is 1. The summed E-state index contributed by atoms with van der Waals surface area (Å²) in [6, 6.07) is 0. The lowest BCUT2D eigenvalue weighted by molar-refractivity contribution is -0.137. The lowest BCUT2D eigenvalue weighted by Gasteiger charge is -2.06. The van der Waals surface area contributed by atoms with Crippen LogP contribution in [-0.4, -0.2) is 16.9 Å². The highest BCUT2D eigenvalue weighted by molar-refractivity contribution is 5.98. The smallest absolute Gasteiger partial charge is 0.303 e. The number of rotatable bonds is 11. The van der Waals surface area contributed by atoms with Gasteiger partial charge >= 0.3 is 5.97 Å². The maximum Gasteiger partial charge on any atom is 0.303 e. The van der Waals surface area contributed by atoms with Gasteiger partial charge in [0, 0.05) is 12.8 Å². The third kappa shape index (κ3) is 8.53. The van der Waals surface area contributed by atoms with E-state index in [1.165, 1.54) is 19.3 Å². The Bertz CT molecular complexity index is 458. The molecule has 1 fully saturated rings. The number of aliphatic carboxylic acids is 1. The van der Waals surface area contributed by atoms with Crippen molar-refractivity contribution < 1.29 is 14.7 Å². The first-order valence-electron chi connectivity index (χ1n) is 8.91. The molecule has 1 aliphatic rings. The normalized spacial score (nSPS) is 20.3. The molecule has 3 nitrogen and oxygen atoms in total. The van der Waals surface area contributed by atoms with Crippen LogP contribution in [0.1, 0.15) is 71.1 Å². The van der Waals surface area contributed by atoms with Gasteiger partial charge in [-0.15, -0.1) is 0 Å². The van der Waals surface area contributed by atoms with Crippen molar-refractivity contribution in [3.05, 3.63) is 36.0 Å². The van der Waals surface area contributed by atoms with Gasteiger partial charge in [0.15, 0.2) is 5.78 Å². The summed E-state index contributed by atoms with van der Waals surface area (Å²) >= 11 is 0. The van der Waals surface area contributed by atoms with E-state index in [1.54, 1.807) is 0 Å². The second-order valence-electron chi connectivity index (χ2n) is 6.20. The van der Waals surface area contributed by atoms with Gasteiger partial charge in [-0.25, -0.2) is 0 Å². The molecule has 1 atom stereocenters. The van der Waals surface area contributed by atoms with Crippen LogP contribution in [0, 0.1) is 5.92 Å². The molecule has 0 bridgehead atoms. The zero-order chi connectivity index (χ0) is 16.9. The number of hydrogen-bond acceptors (Lipinski definition) is 2. The topological polar surface area (TPSA) is 54.4 Å². The van der Waals surface area contributed by atoms with Crippen LogP contribution in [-0.2, 0) is 9.59 Å². The van der Waals surface area contributed by atoms with Crippen molar-refractivity contribution in [2.75, 3.05) is 0 Å². The van der Waals surface area contributed by atoms with Crippen LogP contribution in [0.3, 0.4) is 0 Å². The SMILES string of the molecule is CCCCC/C=C/C=C1/C(=O)CC[C@@H]1C/C=C\CCCC(=O)O. The molecule has 128 valence electrons. The molecule has 23 heavy (non-hydrogen) atoms. The van der Waals surface area contributed by atoms with E-state index >= 15 is 0 Å². The summed E-state index contributed by atoms with van der Waals surface area (Å²) in [6.07, 6.45) is 19.3. The number of carbonyl (C=O) groups is 2. The van der Waals surface area contributed by atoms with Crippen molar-refractivity contribution in [3.63, 3.8) is 0 Å². The first-order valence-corrected chi connectivity index (χ1v) is 8.91. The van der Waals surface area contributed by atoms with Crippen molar-refractivity contribution >= 4 is 11.8 Å². The number of ketones is 1. The minimum absolute atomic E-state index is 0.222. The number of Topliss-reactive ketones (excluding diaryl/α,β-unsaturated/α-hetero) is 1. The molecule has 1 aliphatic carbocycles. The summed E-state index contributed by atoms with van der Waals surface area (Å²) in [4.78, 5) is 22.4. The molecule has 0 heterocycles. The van der Waals surface area contributed by atoms with E-state index in [2.05, 4.69) is 19.1 Å². The zero-order valence-electron chi connectivity index (χ0n) is 14.3. The van der Waals surface area contributed by atoms with Gasteiger partial charge in [0.05, 0.1) is 0 Å². The van der Waals surface area contributed by atoms with Crippen molar-refractivity contribution in [3.8, 4) is 0 Å². The van der Waals surface area contributed by atoms with Crippen LogP contribution >= 0.6 is 0 Å². The van der Waals surface area contributed by atoms with E-state index in [0.29, 0.717) is 18.8 Å². The monoisotopic (exact) mass is 318 g/mol. The molecule has 0 aliphatic heterocycles. The Labute approximate surface area is 140 Å². The first-order chi connectivity index (χ1) is 11.1. The molecule has 0 amide bonds. The Hall–Kier alpha value is -1.64. The van der Waals surface area contributed by atoms with Gasteiger partial charge in [-0.3, -0.25) is 9.59 Å². The van der Waals surface area contributed by atoms with E-state index in [1.807, 2.05) is 18.2 Å². The average Bonchev–Trinajstić information content (AvgIpc) is 2.86. The van der Waals surface area contributed by atoms with Crippen LogP contribution < -0.4 is 0 Å². The van der Waals surface area contributed by atoms with Gasteiger partial charge in [0.25, 0.3) is 0 Å². The van der Waals surface area contributed by atoms with Gasteiger partial charge in [-0.1, -0.05) is 50.1 Å². The Kier molecular flexibility index (Phi) is 10.0. The first kappa shape index (κ1) is 19.4. The molecule has 1 saturated carbocycles. The summed E-state index contributed by atoms with van der Waals surface area (Å²) in [6.45, 7) is 2.20. The Balaban J connectivity index is 2.37. The molecule has 0 aromatic rings. The van der Waals surface area contributed by atoms with Gasteiger partial charge < -0.3 is 5.11 Å². The van der Waals surface area contributed by atoms with E-state index in [-0.39, 0.29) is 12.2 Å². The summed E-state index contributed by atoms with van der Waals surface area (Å²) in [5, 5.41) is 8.58. The summed E-state index contributed by atoms with van der Waals surface area (Å²) in [7, 11) is 0. The molecular formula is C20H30O3. The van der Waals surface area contributed by atoms with Gasteiger partial charge in [-0.05, 0) is 50.0 Å². The largest absolute Gasteiger partial charge is 0.481 e. The van der Waals surface area contributed by atoms with Crippen LogP contribution in [0.5, 0.6) is 0 Å². The van der Waals surface area contributed by atoms with E-state index < -0.39 is 5.97 Å². The summed E-state index contributed by atoms with van der Waals surface area (Å²) < 4.78 is 0. The predicted molar refractivity (Wildman–Crippen MR) is 94.3 cm³/mol. The second kappa shape index (κ2) is 11.9. The fourth-order valence-electron chi connectivity index (χ4n) is 2.84. The Morgan fingerprint density at radius 3 is 2.70 bits per heavy atom. The Morgan fingerprint density at radius 2 is 1.96 bits per heavy atom. The third-order valence-corrected chi connectivity index (χ3v) is 4.22. The van der Waals surface area contributed by atoms with Gasteiger partial charge in [0.2, 0.25) is 0 Å². The minimum atomic E-state index is -0.740. The van der Waals surface area contributed by atoms with Crippen molar-refractivity contribution in [2.45, 2.75) is 71.1 Å². The number of carboxylic acid groups (broad SMARTS) is 1. The maximum absolute atomic E-state index is 12.0. The number of carbonyl (C=O) groups excluding carboxylic acids is 1. The molecule has 0 radical (unpaired) electrons. The molecule has 0 spiro atoms. The van der Waals surface area contributed by atoms with Crippen molar-refractivity contribution in [2.24, 2.45) is 5.92 Å². The fourth-order valence-corrected chi connectivity index (χ4v) is 2.84. The van der Waals surface area contributed by atoms with Crippen LogP contribution in [0.25, 0.3) is 0 Å². The number of allylic oxidation sites excluding steroid dienone is 6. The summed E-state index contributed by atoms with van der Waals surface area (Å²) in [5.74, 6) is -0.123. The molecule has 0 aromatic carbocycles. The number of unbranched alkanes of at least 4 members (excludes halogenated alkanes) is 4. The van der Waals surface area contributed by atoms with Crippen LogP contribution in [0.15, 0.2) is 36.0 Å². The molecule has 0 unspecified atom stereocenters. The quantitative estimate of drug-likeness (QED) is 0.322. The highest BCUT2D eigenvalue weighted by atomic mass is 16.4. The van der Waals surface area contributed by atoms with E-state index in [4.69, 9.17) is 5.11 Å². The minimum Gasteiger partial charge on any atom is -0.481 e. The fraction of sp³-hybridized carbons (Fsp3) is 0.600. The average molecular weight is 318 g/mol. The highest BCUT2D eigenvalue weighted by Gasteiger charge is 2.26. The molecule has 0 saturated heterocycles. The summed E-state index contributed by atoms with van der Waals surface area (Å²) in [5.41, 5.74) is 0.965. The lowest BCUT2D eigenvalue weighted by atomic mass is 9.97. The van der Waals surface area contributed by atoms with Crippen molar-refractivity contribution in [1.29, 1.82) is 0 Å².